The van der Waals surface area contributed by atoms with Gasteiger partial charge in [-0.2, -0.15) is 4.98 Å². The molecule has 0 atom stereocenters. The predicted octanol–water partition coefficient (Wildman–Crippen LogP) is 5.08. The molecule has 0 aliphatic rings. The normalized spacial score (nSPS) is 10.3. The van der Waals surface area contributed by atoms with Crippen molar-refractivity contribution < 1.29 is 9.84 Å². The number of methoxy groups -OCH3 is 1. The molecule has 4 rings (SSSR count). The lowest BCUT2D eigenvalue weighted by atomic mass is 10.1. The van der Waals surface area contributed by atoms with Gasteiger partial charge in [0.1, 0.15) is 17.1 Å². The van der Waals surface area contributed by atoms with Crippen LogP contribution in [0.25, 0.3) is 10.9 Å². The predicted molar refractivity (Wildman–Crippen MR) is 124 cm³/mol. The molecule has 1 heterocycles. The maximum atomic E-state index is 9.07. The number of aliphatic hydroxyl groups excluding tert-OH is 1. The van der Waals surface area contributed by atoms with Crippen LogP contribution in [-0.2, 0) is 6.42 Å². The zero-order valence-electron chi connectivity index (χ0n) is 16.5. The largest absolute Gasteiger partial charge is 0.494 e. The highest BCUT2D eigenvalue weighted by atomic mass is 35.5. The van der Waals surface area contributed by atoms with Crippen LogP contribution in [0.3, 0.4) is 0 Å². The Hall–Kier alpha value is -3.35. The second-order valence-corrected chi connectivity index (χ2v) is 6.54. The van der Waals surface area contributed by atoms with E-state index < -0.39 is 0 Å². The molecule has 7 heteroatoms. The second kappa shape index (κ2) is 9.91. The summed E-state index contributed by atoms with van der Waals surface area (Å²) in [6, 6.07) is 23.5. The van der Waals surface area contributed by atoms with Gasteiger partial charge in [0.15, 0.2) is 0 Å². The van der Waals surface area contributed by atoms with Crippen molar-refractivity contribution in [2.75, 3.05) is 24.4 Å². The number of nitrogens with one attached hydrogen (secondary N) is 2. The van der Waals surface area contributed by atoms with Gasteiger partial charge in [0.25, 0.3) is 0 Å². The molecule has 0 fully saturated rings. The van der Waals surface area contributed by atoms with E-state index in [0.717, 1.165) is 27.8 Å². The van der Waals surface area contributed by atoms with E-state index in [9.17, 15) is 0 Å². The van der Waals surface area contributed by atoms with Crippen LogP contribution in [0.5, 0.6) is 5.75 Å². The molecule has 0 aliphatic carbocycles. The first-order valence-electron chi connectivity index (χ1n) is 9.40. The van der Waals surface area contributed by atoms with Gasteiger partial charge in [-0.25, -0.2) is 4.98 Å². The highest BCUT2D eigenvalue weighted by Crippen LogP contribution is 2.31. The smallest absolute Gasteiger partial charge is 0.229 e. The summed E-state index contributed by atoms with van der Waals surface area (Å²) in [5, 5.41) is 16.6. The fourth-order valence-corrected chi connectivity index (χ4v) is 3.11. The number of halogens is 1. The fraction of sp³-hybridized carbons (Fsp3) is 0.130. The van der Waals surface area contributed by atoms with Gasteiger partial charge in [-0.1, -0.05) is 36.4 Å². The number of para-hydroxylation sites is 2. The van der Waals surface area contributed by atoms with Crippen LogP contribution in [0, 0.1) is 0 Å². The number of aliphatic hydroxyl groups is 1. The minimum atomic E-state index is 0. The molecular formula is C23H23ClN4O2. The Morgan fingerprint density at radius 2 is 1.57 bits per heavy atom. The molecule has 0 bridgehead atoms. The van der Waals surface area contributed by atoms with Crippen LogP contribution in [-0.4, -0.2) is 28.8 Å². The SMILES string of the molecule is COc1cccc2c(Nc3ccccc3)nc(Nc3ccc(CCO)cc3)nc12.Cl. The Labute approximate surface area is 181 Å². The summed E-state index contributed by atoms with van der Waals surface area (Å²) < 4.78 is 5.51. The van der Waals surface area contributed by atoms with E-state index in [1.54, 1.807) is 7.11 Å². The summed E-state index contributed by atoms with van der Waals surface area (Å²) >= 11 is 0. The Kier molecular flexibility index (Phi) is 7.06. The van der Waals surface area contributed by atoms with E-state index in [1.807, 2.05) is 72.8 Å². The van der Waals surface area contributed by atoms with Gasteiger partial charge >= 0.3 is 0 Å². The van der Waals surface area contributed by atoms with Gasteiger partial charge in [-0.15, -0.1) is 12.4 Å². The summed E-state index contributed by atoms with van der Waals surface area (Å²) in [7, 11) is 1.63. The molecule has 0 unspecified atom stereocenters. The summed E-state index contributed by atoms with van der Waals surface area (Å²) in [5.41, 5.74) is 3.61. The van der Waals surface area contributed by atoms with Gasteiger partial charge in [-0.3, -0.25) is 0 Å². The average Bonchev–Trinajstić information content (AvgIpc) is 2.76. The lowest BCUT2D eigenvalue weighted by Gasteiger charge is -2.14. The first-order valence-corrected chi connectivity index (χ1v) is 9.40. The molecule has 0 saturated heterocycles. The van der Waals surface area contributed by atoms with E-state index in [0.29, 0.717) is 23.9 Å². The number of anilines is 4. The van der Waals surface area contributed by atoms with E-state index in [4.69, 9.17) is 14.8 Å². The van der Waals surface area contributed by atoms with E-state index >= 15 is 0 Å². The number of ether oxygens (including phenoxy) is 1. The molecule has 0 amide bonds. The number of aromatic nitrogens is 2. The lowest BCUT2D eigenvalue weighted by molar-refractivity contribution is 0.299. The third kappa shape index (κ3) is 4.79. The van der Waals surface area contributed by atoms with Crippen LogP contribution in [0.1, 0.15) is 5.56 Å². The molecule has 154 valence electrons. The van der Waals surface area contributed by atoms with Crippen molar-refractivity contribution in [3.63, 3.8) is 0 Å². The highest BCUT2D eigenvalue weighted by Gasteiger charge is 2.12. The molecule has 0 aliphatic heterocycles. The summed E-state index contributed by atoms with van der Waals surface area (Å²) in [6.45, 7) is 0.134. The number of hydrogen-bond donors (Lipinski definition) is 3. The van der Waals surface area contributed by atoms with Crippen molar-refractivity contribution in [3.8, 4) is 5.75 Å². The Bertz CT molecular complexity index is 1110. The zero-order valence-corrected chi connectivity index (χ0v) is 17.3. The lowest BCUT2D eigenvalue weighted by Crippen LogP contribution is -2.03. The van der Waals surface area contributed by atoms with Crippen molar-refractivity contribution in [1.82, 2.24) is 9.97 Å². The average molecular weight is 423 g/mol. The monoisotopic (exact) mass is 422 g/mol. The first-order chi connectivity index (χ1) is 14.3. The Morgan fingerprint density at radius 3 is 2.27 bits per heavy atom. The number of rotatable bonds is 7. The molecule has 0 spiro atoms. The highest BCUT2D eigenvalue weighted by molar-refractivity contribution is 5.95. The molecule has 30 heavy (non-hydrogen) atoms. The Balaban J connectivity index is 0.00000256. The van der Waals surface area contributed by atoms with Gasteiger partial charge in [0.05, 0.1) is 7.11 Å². The van der Waals surface area contributed by atoms with E-state index in [1.165, 1.54) is 0 Å². The number of benzene rings is 3. The van der Waals surface area contributed by atoms with Crippen molar-refractivity contribution >= 4 is 46.5 Å². The Morgan fingerprint density at radius 1 is 0.833 bits per heavy atom. The van der Waals surface area contributed by atoms with Gasteiger partial charge in [0.2, 0.25) is 5.95 Å². The van der Waals surface area contributed by atoms with E-state index in [2.05, 4.69) is 15.6 Å². The van der Waals surface area contributed by atoms with Gasteiger partial charge < -0.3 is 20.5 Å². The fourth-order valence-electron chi connectivity index (χ4n) is 3.11. The van der Waals surface area contributed by atoms with Gasteiger partial charge in [0, 0.05) is 23.4 Å². The standard InChI is InChI=1S/C23H22N4O2.ClH/c1-29-20-9-5-8-19-21(20)26-23(25-18-12-10-16(11-13-18)14-15-28)27-22(19)24-17-6-3-2-4-7-17;/h2-13,28H,14-15H2,1H3,(H2,24,25,26,27);1H. The van der Waals surface area contributed by atoms with Crippen molar-refractivity contribution in [2.45, 2.75) is 6.42 Å². The summed E-state index contributed by atoms with van der Waals surface area (Å²) in [6.07, 6.45) is 0.634. The number of nitrogens with zero attached hydrogens (tertiary/aromatic N) is 2. The number of hydrogen-bond acceptors (Lipinski definition) is 6. The molecule has 1 aromatic heterocycles. The topological polar surface area (TPSA) is 79.3 Å². The molecule has 0 radical (unpaired) electrons. The minimum absolute atomic E-state index is 0. The van der Waals surface area contributed by atoms with Gasteiger partial charge in [-0.05, 0) is 48.4 Å². The van der Waals surface area contributed by atoms with Crippen LogP contribution in [0.15, 0.2) is 72.8 Å². The summed E-state index contributed by atoms with van der Waals surface area (Å²) in [4.78, 5) is 9.37. The first kappa shape index (κ1) is 21.4. The molecule has 0 saturated carbocycles. The number of fused-ring (bicyclic) bond motifs is 1. The van der Waals surface area contributed by atoms with Crippen LogP contribution in [0.4, 0.5) is 23.1 Å². The third-order valence-electron chi connectivity index (χ3n) is 4.56. The van der Waals surface area contributed by atoms with Crippen LogP contribution >= 0.6 is 12.4 Å². The summed E-state index contributed by atoms with van der Waals surface area (Å²) in [5.74, 6) is 1.84. The molecule has 4 aromatic rings. The van der Waals surface area contributed by atoms with Crippen molar-refractivity contribution in [1.29, 1.82) is 0 Å². The molecule has 3 N–H and O–H groups in total. The van der Waals surface area contributed by atoms with Crippen LogP contribution < -0.4 is 15.4 Å². The maximum absolute atomic E-state index is 9.07. The third-order valence-corrected chi connectivity index (χ3v) is 4.56. The molecule has 3 aromatic carbocycles. The molecular weight excluding hydrogens is 400 g/mol. The second-order valence-electron chi connectivity index (χ2n) is 6.54. The van der Waals surface area contributed by atoms with Crippen molar-refractivity contribution in [2.24, 2.45) is 0 Å². The minimum Gasteiger partial charge on any atom is -0.494 e. The van der Waals surface area contributed by atoms with E-state index in [-0.39, 0.29) is 19.0 Å². The quantitative estimate of drug-likeness (QED) is 0.385. The van der Waals surface area contributed by atoms with Crippen LogP contribution in [0.2, 0.25) is 0 Å². The van der Waals surface area contributed by atoms with Crippen molar-refractivity contribution in [3.05, 3.63) is 78.4 Å². The zero-order chi connectivity index (χ0) is 20.1. The maximum Gasteiger partial charge on any atom is 0.229 e. The molecule has 6 nitrogen and oxygen atoms in total.